The highest BCUT2D eigenvalue weighted by Crippen LogP contribution is 2.20. The van der Waals surface area contributed by atoms with Gasteiger partial charge in [0, 0.05) is 13.2 Å². The van der Waals surface area contributed by atoms with Crippen LogP contribution in [-0.4, -0.2) is 41.8 Å². The number of amides is 1. The second kappa shape index (κ2) is 7.78. The van der Waals surface area contributed by atoms with Crippen LogP contribution in [0, 0.1) is 5.92 Å². The zero-order chi connectivity index (χ0) is 12.6. The van der Waals surface area contributed by atoms with E-state index < -0.39 is 17.8 Å². The first-order chi connectivity index (χ1) is 7.35. The number of alkyl halides is 3. The maximum Gasteiger partial charge on any atom is 0.397 e. The van der Waals surface area contributed by atoms with E-state index in [1.165, 1.54) is 0 Å². The predicted molar refractivity (Wildman–Crippen MR) is 57.3 cm³/mol. The van der Waals surface area contributed by atoms with Crippen molar-refractivity contribution >= 4 is 17.7 Å². The van der Waals surface area contributed by atoms with Crippen LogP contribution in [0.25, 0.3) is 0 Å². The molecule has 0 aliphatic carbocycles. The fraction of sp³-hybridized carbons (Fsp3) is 0.889. The largest absolute Gasteiger partial charge is 0.397 e. The van der Waals surface area contributed by atoms with Gasteiger partial charge < -0.3 is 10.4 Å². The molecule has 0 radical (unpaired) electrons. The van der Waals surface area contributed by atoms with Gasteiger partial charge in [0.25, 0.3) is 0 Å². The third kappa shape index (κ3) is 10.1. The normalized spacial score (nSPS) is 13.6. The molecule has 0 heterocycles. The van der Waals surface area contributed by atoms with Crippen molar-refractivity contribution in [2.75, 3.05) is 24.7 Å². The van der Waals surface area contributed by atoms with Crippen molar-refractivity contribution in [3.8, 4) is 0 Å². The highest BCUT2D eigenvalue weighted by Gasteiger charge is 2.27. The minimum atomic E-state index is -4.23. The van der Waals surface area contributed by atoms with Gasteiger partial charge in [-0.1, -0.05) is 6.92 Å². The topological polar surface area (TPSA) is 49.3 Å². The van der Waals surface area contributed by atoms with Gasteiger partial charge in [-0.2, -0.15) is 13.2 Å². The van der Waals surface area contributed by atoms with E-state index in [0.717, 1.165) is 0 Å². The third-order valence-corrected chi connectivity index (χ3v) is 2.77. The fourth-order valence-electron chi connectivity index (χ4n) is 0.921. The summed E-state index contributed by atoms with van der Waals surface area (Å²) in [5.41, 5.74) is 0. The van der Waals surface area contributed by atoms with Crippen molar-refractivity contribution in [1.82, 2.24) is 5.32 Å². The lowest BCUT2D eigenvalue weighted by atomic mass is 10.1. The number of halogens is 3. The van der Waals surface area contributed by atoms with Crippen LogP contribution in [0.2, 0.25) is 0 Å². The SMILES string of the molecule is CC(CCO)CNC(=O)CSCC(F)(F)F. The Morgan fingerprint density at radius 3 is 2.62 bits per heavy atom. The molecule has 0 aromatic carbocycles. The Hall–Kier alpha value is -0.430. The van der Waals surface area contributed by atoms with Gasteiger partial charge in [0.15, 0.2) is 0 Å². The van der Waals surface area contributed by atoms with E-state index in [1.54, 1.807) is 0 Å². The first-order valence-corrected chi connectivity index (χ1v) is 6.02. The lowest BCUT2D eigenvalue weighted by Crippen LogP contribution is -2.30. The van der Waals surface area contributed by atoms with Crippen LogP contribution in [-0.2, 0) is 4.79 Å². The third-order valence-electron chi connectivity index (χ3n) is 1.77. The lowest BCUT2D eigenvalue weighted by molar-refractivity contribution is -0.118. The number of rotatable bonds is 7. The molecule has 0 aliphatic heterocycles. The van der Waals surface area contributed by atoms with Crippen LogP contribution >= 0.6 is 11.8 Å². The van der Waals surface area contributed by atoms with Crippen molar-refractivity contribution < 1.29 is 23.1 Å². The van der Waals surface area contributed by atoms with Crippen molar-refractivity contribution in [2.45, 2.75) is 19.5 Å². The molecule has 1 unspecified atom stereocenters. The molecule has 0 spiro atoms. The van der Waals surface area contributed by atoms with E-state index in [4.69, 9.17) is 5.11 Å². The summed E-state index contributed by atoms with van der Waals surface area (Å²) in [6.07, 6.45) is -3.66. The molecule has 16 heavy (non-hydrogen) atoms. The van der Waals surface area contributed by atoms with Crippen LogP contribution in [0.4, 0.5) is 13.2 Å². The zero-order valence-electron chi connectivity index (χ0n) is 9.01. The summed E-state index contributed by atoms with van der Waals surface area (Å²) < 4.78 is 35.2. The van der Waals surface area contributed by atoms with Gasteiger partial charge in [0.05, 0.1) is 11.5 Å². The summed E-state index contributed by atoms with van der Waals surface area (Å²) in [4.78, 5) is 11.1. The standard InChI is InChI=1S/C9H16F3NO2S/c1-7(2-3-14)4-13-8(15)5-16-6-9(10,11)12/h7,14H,2-6H2,1H3,(H,13,15). The number of aliphatic hydroxyl groups is 1. The minimum absolute atomic E-state index is 0.0415. The average molecular weight is 259 g/mol. The first kappa shape index (κ1) is 15.6. The summed E-state index contributed by atoms with van der Waals surface area (Å²) in [7, 11) is 0. The quantitative estimate of drug-likeness (QED) is 0.727. The van der Waals surface area contributed by atoms with E-state index in [2.05, 4.69) is 5.32 Å². The Balaban J connectivity index is 3.52. The van der Waals surface area contributed by atoms with E-state index in [1.807, 2.05) is 6.92 Å². The Morgan fingerprint density at radius 1 is 1.50 bits per heavy atom. The van der Waals surface area contributed by atoms with Gasteiger partial charge in [-0.15, -0.1) is 11.8 Å². The Kier molecular flexibility index (Phi) is 7.57. The van der Waals surface area contributed by atoms with Crippen LogP contribution in [0.1, 0.15) is 13.3 Å². The number of aliphatic hydroxyl groups excluding tert-OH is 1. The molecular weight excluding hydrogens is 243 g/mol. The lowest BCUT2D eigenvalue weighted by Gasteiger charge is -2.11. The fourth-order valence-corrected chi connectivity index (χ4v) is 1.54. The molecule has 0 aromatic heterocycles. The molecule has 0 aliphatic rings. The van der Waals surface area contributed by atoms with Gasteiger partial charge >= 0.3 is 6.18 Å². The van der Waals surface area contributed by atoms with Crippen LogP contribution in [0.5, 0.6) is 0 Å². The predicted octanol–water partition coefficient (Wildman–Crippen LogP) is 1.42. The van der Waals surface area contributed by atoms with Crippen molar-refractivity contribution in [3.05, 3.63) is 0 Å². The molecule has 1 amide bonds. The smallest absolute Gasteiger partial charge is 0.396 e. The van der Waals surface area contributed by atoms with E-state index in [-0.39, 0.29) is 18.3 Å². The highest BCUT2D eigenvalue weighted by atomic mass is 32.2. The first-order valence-electron chi connectivity index (χ1n) is 4.87. The maximum atomic E-state index is 11.7. The molecule has 96 valence electrons. The number of carbonyl (C=O) groups excluding carboxylic acids is 1. The summed E-state index contributed by atoms with van der Waals surface area (Å²) in [6.45, 7) is 2.27. The van der Waals surface area contributed by atoms with Gasteiger partial charge in [-0.05, 0) is 12.3 Å². The molecule has 0 bridgehead atoms. The molecule has 1 atom stereocenters. The minimum Gasteiger partial charge on any atom is -0.396 e. The van der Waals surface area contributed by atoms with Crippen LogP contribution in [0.15, 0.2) is 0 Å². The molecule has 3 nitrogen and oxygen atoms in total. The number of thioether (sulfide) groups is 1. The monoisotopic (exact) mass is 259 g/mol. The maximum absolute atomic E-state index is 11.7. The molecule has 0 aromatic rings. The second-order valence-corrected chi connectivity index (χ2v) is 4.52. The van der Waals surface area contributed by atoms with Gasteiger partial charge in [0.1, 0.15) is 0 Å². The molecule has 0 saturated heterocycles. The van der Waals surface area contributed by atoms with Crippen LogP contribution < -0.4 is 5.32 Å². The molecule has 2 N–H and O–H groups in total. The number of hydrogen-bond acceptors (Lipinski definition) is 3. The van der Waals surface area contributed by atoms with Crippen molar-refractivity contribution in [1.29, 1.82) is 0 Å². The Morgan fingerprint density at radius 2 is 2.12 bits per heavy atom. The van der Waals surface area contributed by atoms with Crippen LogP contribution in [0.3, 0.4) is 0 Å². The molecule has 0 fully saturated rings. The van der Waals surface area contributed by atoms with E-state index in [0.29, 0.717) is 24.7 Å². The molecule has 7 heteroatoms. The number of hydrogen-bond donors (Lipinski definition) is 2. The van der Waals surface area contributed by atoms with E-state index >= 15 is 0 Å². The van der Waals surface area contributed by atoms with Crippen molar-refractivity contribution in [3.63, 3.8) is 0 Å². The average Bonchev–Trinajstić information content (AvgIpc) is 2.13. The second-order valence-electron chi connectivity index (χ2n) is 3.53. The zero-order valence-corrected chi connectivity index (χ0v) is 9.83. The summed E-state index contributed by atoms with van der Waals surface area (Å²) in [5.74, 6) is -1.47. The number of carbonyl (C=O) groups is 1. The van der Waals surface area contributed by atoms with Gasteiger partial charge in [-0.25, -0.2) is 0 Å². The summed E-state index contributed by atoms with van der Waals surface area (Å²) in [5, 5.41) is 11.1. The Labute approximate surface area is 96.8 Å². The van der Waals surface area contributed by atoms with Gasteiger partial charge in [-0.3, -0.25) is 4.79 Å². The molecular formula is C9H16F3NO2S. The van der Waals surface area contributed by atoms with Gasteiger partial charge in [0.2, 0.25) is 5.91 Å². The molecule has 0 rings (SSSR count). The Bertz CT molecular complexity index is 211. The highest BCUT2D eigenvalue weighted by molar-refractivity contribution is 8.00. The molecule has 0 saturated carbocycles. The number of nitrogens with one attached hydrogen (secondary N) is 1. The summed E-state index contributed by atoms with van der Waals surface area (Å²) in [6, 6.07) is 0. The van der Waals surface area contributed by atoms with Crippen molar-refractivity contribution in [2.24, 2.45) is 5.92 Å². The summed E-state index contributed by atoms with van der Waals surface area (Å²) >= 11 is 0.547. The van der Waals surface area contributed by atoms with E-state index in [9.17, 15) is 18.0 Å².